The number of hydrogen-bond acceptors (Lipinski definition) is 2. The Morgan fingerprint density at radius 2 is 2.06 bits per heavy atom. The van der Waals surface area contributed by atoms with Gasteiger partial charge >= 0.3 is 0 Å². The first-order valence-electron chi connectivity index (χ1n) is 6.84. The monoisotopic (exact) mass is 311 g/mol. The van der Waals surface area contributed by atoms with Crippen molar-refractivity contribution in [3.8, 4) is 5.75 Å². The van der Waals surface area contributed by atoms with Gasteiger partial charge in [-0.1, -0.05) is 41.3 Å². The van der Waals surface area contributed by atoms with E-state index in [1.54, 1.807) is 0 Å². The molecule has 1 aliphatic rings. The van der Waals surface area contributed by atoms with Crippen LogP contribution in [-0.2, 0) is 0 Å². The summed E-state index contributed by atoms with van der Waals surface area (Å²) in [5.41, 5.74) is 7.01. The van der Waals surface area contributed by atoms with E-state index in [1.807, 2.05) is 25.1 Å². The van der Waals surface area contributed by atoms with Crippen molar-refractivity contribution >= 4 is 15.9 Å². The van der Waals surface area contributed by atoms with Crippen molar-refractivity contribution in [3.63, 3.8) is 0 Å². The molecule has 0 bridgehead atoms. The maximum absolute atomic E-state index is 5.89. The van der Waals surface area contributed by atoms with Gasteiger partial charge in [-0.25, -0.2) is 0 Å². The molecule has 1 atom stereocenters. The normalized spacial score (nSPS) is 18.6. The lowest BCUT2D eigenvalue weighted by atomic mass is 9.90. The smallest absolute Gasteiger partial charge is 0.120 e. The van der Waals surface area contributed by atoms with Crippen LogP contribution in [0, 0.1) is 5.92 Å². The van der Waals surface area contributed by atoms with E-state index in [0.717, 1.165) is 28.3 Å². The summed E-state index contributed by atoms with van der Waals surface area (Å²) in [5.74, 6) is 1.68. The van der Waals surface area contributed by atoms with Gasteiger partial charge in [0.25, 0.3) is 0 Å². The summed E-state index contributed by atoms with van der Waals surface area (Å²) in [6, 6.07) is 6.14. The molecule has 1 unspecified atom stereocenters. The largest absolute Gasteiger partial charge is 0.493 e. The van der Waals surface area contributed by atoms with E-state index >= 15 is 0 Å². The Balaban J connectivity index is 1.91. The molecular formula is C15H22BrNO. The van der Waals surface area contributed by atoms with Gasteiger partial charge < -0.3 is 10.5 Å². The fourth-order valence-corrected chi connectivity index (χ4v) is 3.25. The molecule has 100 valence electrons. The maximum Gasteiger partial charge on any atom is 0.120 e. The number of halogens is 1. The highest BCUT2D eigenvalue weighted by atomic mass is 79.9. The first kappa shape index (κ1) is 13.9. The molecule has 2 nitrogen and oxygen atoms in total. The lowest BCUT2D eigenvalue weighted by molar-refractivity contribution is 0.208. The summed E-state index contributed by atoms with van der Waals surface area (Å²) in [6.45, 7) is 2.84. The predicted octanol–water partition coefficient (Wildman–Crippen LogP) is 4.43. The van der Waals surface area contributed by atoms with Gasteiger partial charge in [-0.3, -0.25) is 0 Å². The molecular weight excluding hydrogens is 290 g/mol. The van der Waals surface area contributed by atoms with Gasteiger partial charge in [-0.15, -0.1) is 0 Å². The van der Waals surface area contributed by atoms with E-state index < -0.39 is 0 Å². The van der Waals surface area contributed by atoms with Gasteiger partial charge in [0.1, 0.15) is 5.75 Å². The van der Waals surface area contributed by atoms with Crippen molar-refractivity contribution in [1.29, 1.82) is 0 Å². The zero-order valence-electron chi connectivity index (χ0n) is 11.0. The molecule has 1 fully saturated rings. The molecule has 1 saturated carbocycles. The van der Waals surface area contributed by atoms with Gasteiger partial charge in [-0.2, -0.15) is 0 Å². The van der Waals surface area contributed by atoms with Crippen molar-refractivity contribution in [2.75, 3.05) is 6.61 Å². The second-order valence-corrected chi connectivity index (χ2v) is 6.14. The molecule has 0 aliphatic heterocycles. The second kappa shape index (κ2) is 6.58. The zero-order chi connectivity index (χ0) is 13.0. The van der Waals surface area contributed by atoms with Crippen LogP contribution >= 0.6 is 15.9 Å². The molecule has 0 radical (unpaired) electrons. The minimum absolute atomic E-state index is 0.0479. The van der Waals surface area contributed by atoms with Crippen LogP contribution in [0.5, 0.6) is 5.75 Å². The van der Waals surface area contributed by atoms with Crippen LogP contribution in [-0.4, -0.2) is 6.61 Å². The third-order valence-corrected chi connectivity index (χ3v) is 4.36. The SMILES string of the molecule is CC(N)c1ccc(OCC2CCCCC2)cc1Br. The van der Waals surface area contributed by atoms with Crippen molar-refractivity contribution < 1.29 is 4.74 Å². The molecule has 1 aromatic rings. The Kier molecular flexibility index (Phi) is 5.07. The zero-order valence-corrected chi connectivity index (χ0v) is 12.6. The quantitative estimate of drug-likeness (QED) is 0.893. The standard InChI is InChI=1S/C15H22BrNO/c1-11(17)14-8-7-13(9-15(14)16)18-10-12-5-3-2-4-6-12/h7-9,11-12H,2-6,10,17H2,1H3. The lowest BCUT2D eigenvalue weighted by Crippen LogP contribution is -2.15. The van der Waals surface area contributed by atoms with Gasteiger partial charge in [0.15, 0.2) is 0 Å². The van der Waals surface area contributed by atoms with E-state index in [1.165, 1.54) is 32.1 Å². The summed E-state index contributed by atoms with van der Waals surface area (Å²) < 4.78 is 6.93. The average Bonchev–Trinajstić information content (AvgIpc) is 2.37. The van der Waals surface area contributed by atoms with Gasteiger partial charge in [0, 0.05) is 10.5 Å². The minimum Gasteiger partial charge on any atom is -0.493 e. The van der Waals surface area contributed by atoms with E-state index in [9.17, 15) is 0 Å². The van der Waals surface area contributed by atoms with Gasteiger partial charge in [0.2, 0.25) is 0 Å². The number of ether oxygens (including phenoxy) is 1. The Morgan fingerprint density at radius 3 is 2.67 bits per heavy atom. The van der Waals surface area contributed by atoms with Crippen LogP contribution in [0.2, 0.25) is 0 Å². The maximum atomic E-state index is 5.89. The van der Waals surface area contributed by atoms with Crippen molar-refractivity contribution in [3.05, 3.63) is 28.2 Å². The summed E-state index contributed by atoms with van der Waals surface area (Å²) in [6.07, 6.45) is 6.76. The van der Waals surface area contributed by atoms with Crippen LogP contribution in [0.3, 0.4) is 0 Å². The Labute approximate surface area is 118 Å². The van der Waals surface area contributed by atoms with Crippen LogP contribution in [0.4, 0.5) is 0 Å². The molecule has 2 rings (SSSR count). The highest BCUT2D eigenvalue weighted by Gasteiger charge is 2.14. The number of rotatable bonds is 4. The van der Waals surface area contributed by atoms with Crippen LogP contribution < -0.4 is 10.5 Å². The van der Waals surface area contributed by atoms with E-state index in [-0.39, 0.29) is 6.04 Å². The highest BCUT2D eigenvalue weighted by molar-refractivity contribution is 9.10. The first-order valence-corrected chi connectivity index (χ1v) is 7.64. The van der Waals surface area contributed by atoms with E-state index in [2.05, 4.69) is 15.9 Å². The third-order valence-electron chi connectivity index (χ3n) is 3.67. The molecule has 3 heteroatoms. The van der Waals surface area contributed by atoms with Gasteiger partial charge in [0.05, 0.1) is 6.61 Å². The van der Waals surface area contributed by atoms with Crippen molar-refractivity contribution in [2.45, 2.75) is 45.1 Å². The average molecular weight is 312 g/mol. The predicted molar refractivity (Wildman–Crippen MR) is 78.8 cm³/mol. The lowest BCUT2D eigenvalue weighted by Gasteiger charge is -2.22. The summed E-state index contributed by atoms with van der Waals surface area (Å²) in [5, 5.41) is 0. The Hall–Kier alpha value is -0.540. The molecule has 0 saturated heterocycles. The van der Waals surface area contributed by atoms with Crippen LogP contribution in [0.25, 0.3) is 0 Å². The molecule has 1 aromatic carbocycles. The second-order valence-electron chi connectivity index (χ2n) is 5.29. The van der Waals surface area contributed by atoms with E-state index in [4.69, 9.17) is 10.5 Å². The molecule has 0 amide bonds. The summed E-state index contributed by atoms with van der Waals surface area (Å²) >= 11 is 3.55. The van der Waals surface area contributed by atoms with Gasteiger partial charge in [-0.05, 0) is 43.4 Å². The van der Waals surface area contributed by atoms with E-state index in [0.29, 0.717) is 0 Å². The fourth-order valence-electron chi connectivity index (χ4n) is 2.53. The number of nitrogens with two attached hydrogens (primary N) is 1. The van der Waals surface area contributed by atoms with Crippen molar-refractivity contribution in [1.82, 2.24) is 0 Å². The number of hydrogen-bond donors (Lipinski definition) is 1. The number of benzene rings is 1. The van der Waals surface area contributed by atoms with Crippen LogP contribution in [0.1, 0.15) is 50.6 Å². The molecule has 0 heterocycles. The molecule has 2 N–H and O–H groups in total. The Morgan fingerprint density at radius 1 is 1.33 bits per heavy atom. The molecule has 0 aromatic heterocycles. The Bertz CT molecular complexity index is 386. The minimum atomic E-state index is 0.0479. The first-order chi connectivity index (χ1) is 8.66. The highest BCUT2D eigenvalue weighted by Crippen LogP contribution is 2.28. The summed E-state index contributed by atoms with van der Waals surface area (Å²) in [7, 11) is 0. The van der Waals surface area contributed by atoms with Crippen molar-refractivity contribution in [2.24, 2.45) is 11.7 Å². The fraction of sp³-hybridized carbons (Fsp3) is 0.600. The molecule has 18 heavy (non-hydrogen) atoms. The van der Waals surface area contributed by atoms with Crippen LogP contribution in [0.15, 0.2) is 22.7 Å². The molecule has 0 spiro atoms. The molecule has 1 aliphatic carbocycles. The summed E-state index contributed by atoms with van der Waals surface area (Å²) in [4.78, 5) is 0. The third kappa shape index (κ3) is 3.72. The topological polar surface area (TPSA) is 35.2 Å².